The van der Waals surface area contributed by atoms with E-state index >= 15 is 0 Å². The third-order valence-electron chi connectivity index (χ3n) is 4.14. The Morgan fingerprint density at radius 2 is 2.00 bits per heavy atom. The zero-order valence-corrected chi connectivity index (χ0v) is 12.7. The van der Waals surface area contributed by atoms with Crippen LogP contribution in [0.2, 0.25) is 0 Å². The third-order valence-corrected chi connectivity index (χ3v) is 4.14. The number of methoxy groups -OCH3 is 1. The zero-order valence-electron chi connectivity index (χ0n) is 12.7. The fourth-order valence-corrected chi connectivity index (χ4v) is 2.70. The van der Waals surface area contributed by atoms with E-state index in [2.05, 4.69) is 15.0 Å². The van der Waals surface area contributed by atoms with Gasteiger partial charge in [-0.15, -0.1) is 0 Å². The largest absolute Gasteiger partial charge is 0.497 e. The monoisotopic (exact) mass is 303 g/mol. The lowest BCUT2D eigenvalue weighted by Crippen LogP contribution is -2.34. The van der Waals surface area contributed by atoms with Gasteiger partial charge in [0.25, 0.3) is 5.89 Å². The number of benzene rings is 1. The first-order valence-corrected chi connectivity index (χ1v) is 7.58. The molecule has 1 aliphatic rings. The molecule has 0 amide bonds. The molecule has 1 aromatic carbocycles. The lowest BCUT2D eigenvalue weighted by molar-refractivity contribution is 0.125. The van der Waals surface area contributed by atoms with Crippen molar-refractivity contribution >= 4 is 0 Å². The lowest BCUT2D eigenvalue weighted by atomic mass is 9.98. The van der Waals surface area contributed by atoms with E-state index in [-0.39, 0.29) is 6.61 Å². The standard InChI is InChI=1S/C16H21N3O3/c1-21-14-4-2-13(3-5-14)16-17-15(18-22-16)10-19-8-6-12(11-20)7-9-19/h2-5,12,20H,6-11H2,1H3. The first kappa shape index (κ1) is 15.0. The Morgan fingerprint density at radius 3 is 2.64 bits per heavy atom. The normalized spacial score (nSPS) is 16.8. The maximum absolute atomic E-state index is 9.17. The van der Waals surface area contributed by atoms with Crippen LogP contribution in [-0.4, -0.2) is 47.0 Å². The van der Waals surface area contributed by atoms with Crippen LogP contribution in [0.3, 0.4) is 0 Å². The molecule has 3 rings (SSSR count). The van der Waals surface area contributed by atoms with E-state index < -0.39 is 0 Å². The summed E-state index contributed by atoms with van der Waals surface area (Å²) in [5.41, 5.74) is 0.888. The molecule has 2 aromatic rings. The van der Waals surface area contributed by atoms with Gasteiger partial charge in [-0.05, 0) is 56.1 Å². The first-order valence-electron chi connectivity index (χ1n) is 7.58. The van der Waals surface area contributed by atoms with Crippen molar-refractivity contribution in [2.24, 2.45) is 5.92 Å². The minimum absolute atomic E-state index is 0.289. The van der Waals surface area contributed by atoms with Gasteiger partial charge in [-0.1, -0.05) is 5.16 Å². The Balaban J connectivity index is 1.61. The lowest BCUT2D eigenvalue weighted by Gasteiger charge is -2.29. The Morgan fingerprint density at radius 1 is 1.27 bits per heavy atom. The number of aliphatic hydroxyl groups is 1. The summed E-state index contributed by atoms with van der Waals surface area (Å²) in [5.74, 6) is 2.47. The average molecular weight is 303 g/mol. The number of hydrogen-bond acceptors (Lipinski definition) is 6. The number of rotatable bonds is 5. The van der Waals surface area contributed by atoms with Crippen molar-refractivity contribution in [3.63, 3.8) is 0 Å². The number of ether oxygens (including phenoxy) is 1. The van der Waals surface area contributed by atoms with Crippen LogP contribution in [0.1, 0.15) is 18.7 Å². The summed E-state index contributed by atoms with van der Waals surface area (Å²) < 4.78 is 10.5. The molecule has 6 nitrogen and oxygen atoms in total. The van der Waals surface area contributed by atoms with Crippen LogP contribution in [-0.2, 0) is 6.54 Å². The summed E-state index contributed by atoms with van der Waals surface area (Å²) >= 11 is 0. The highest BCUT2D eigenvalue weighted by Gasteiger charge is 2.20. The highest BCUT2D eigenvalue weighted by atomic mass is 16.5. The van der Waals surface area contributed by atoms with E-state index in [4.69, 9.17) is 14.4 Å². The van der Waals surface area contributed by atoms with Crippen molar-refractivity contribution in [3.05, 3.63) is 30.1 Å². The van der Waals surface area contributed by atoms with Gasteiger partial charge in [0.05, 0.1) is 13.7 Å². The molecule has 2 heterocycles. The van der Waals surface area contributed by atoms with Gasteiger partial charge in [0.2, 0.25) is 0 Å². The van der Waals surface area contributed by atoms with Gasteiger partial charge in [-0.2, -0.15) is 4.98 Å². The number of aromatic nitrogens is 2. The Kier molecular flexibility index (Phi) is 4.70. The summed E-state index contributed by atoms with van der Waals surface area (Å²) in [4.78, 5) is 6.76. The molecule has 0 aliphatic carbocycles. The fourth-order valence-electron chi connectivity index (χ4n) is 2.70. The highest BCUT2D eigenvalue weighted by Crippen LogP contribution is 2.22. The average Bonchev–Trinajstić information content (AvgIpc) is 3.04. The molecule has 1 N–H and O–H groups in total. The SMILES string of the molecule is COc1ccc(-c2nc(CN3CCC(CO)CC3)no2)cc1. The second-order valence-electron chi connectivity index (χ2n) is 5.65. The Bertz CT molecular complexity index is 589. The maximum atomic E-state index is 9.17. The van der Waals surface area contributed by atoms with Crippen molar-refractivity contribution in [1.82, 2.24) is 15.0 Å². The van der Waals surface area contributed by atoms with Crippen LogP contribution in [0, 0.1) is 5.92 Å². The fraction of sp³-hybridized carbons (Fsp3) is 0.500. The van der Waals surface area contributed by atoms with E-state index in [0.29, 0.717) is 24.2 Å². The predicted molar refractivity (Wildman–Crippen MR) is 81.4 cm³/mol. The first-order chi connectivity index (χ1) is 10.8. The molecule has 6 heteroatoms. The molecule has 0 radical (unpaired) electrons. The van der Waals surface area contributed by atoms with Gasteiger partial charge in [0.1, 0.15) is 5.75 Å². The number of piperidine rings is 1. The minimum Gasteiger partial charge on any atom is -0.497 e. The summed E-state index contributed by atoms with van der Waals surface area (Å²) in [6.45, 7) is 2.92. The van der Waals surface area contributed by atoms with Crippen LogP contribution < -0.4 is 4.74 Å². The smallest absolute Gasteiger partial charge is 0.257 e. The van der Waals surface area contributed by atoms with Crippen molar-refractivity contribution < 1.29 is 14.4 Å². The van der Waals surface area contributed by atoms with Crippen LogP contribution in [0.5, 0.6) is 5.75 Å². The number of nitrogens with zero attached hydrogens (tertiary/aromatic N) is 3. The molecule has 0 atom stereocenters. The highest BCUT2D eigenvalue weighted by molar-refractivity contribution is 5.54. The van der Waals surface area contributed by atoms with Gasteiger partial charge in [0, 0.05) is 12.2 Å². The van der Waals surface area contributed by atoms with Crippen molar-refractivity contribution in [2.45, 2.75) is 19.4 Å². The molecule has 22 heavy (non-hydrogen) atoms. The molecular formula is C16H21N3O3. The predicted octanol–water partition coefficient (Wildman–Crippen LogP) is 1.95. The molecule has 1 aliphatic heterocycles. The van der Waals surface area contributed by atoms with E-state index in [1.807, 2.05) is 24.3 Å². The van der Waals surface area contributed by atoms with E-state index in [1.165, 1.54) is 0 Å². The summed E-state index contributed by atoms with van der Waals surface area (Å²) in [7, 11) is 1.64. The minimum atomic E-state index is 0.289. The molecule has 1 fully saturated rings. The molecule has 0 bridgehead atoms. The Hall–Kier alpha value is -1.92. The molecule has 0 saturated carbocycles. The second-order valence-corrected chi connectivity index (χ2v) is 5.65. The Labute approximate surface area is 129 Å². The molecule has 118 valence electrons. The second kappa shape index (κ2) is 6.89. The van der Waals surface area contributed by atoms with E-state index in [1.54, 1.807) is 7.11 Å². The van der Waals surface area contributed by atoms with Crippen molar-refractivity contribution in [2.75, 3.05) is 26.8 Å². The van der Waals surface area contributed by atoms with E-state index in [9.17, 15) is 0 Å². The summed E-state index contributed by atoms with van der Waals surface area (Å²) in [5, 5.41) is 13.2. The van der Waals surface area contributed by atoms with Gasteiger partial charge in [-0.3, -0.25) is 4.90 Å². The van der Waals surface area contributed by atoms with E-state index in [0.717, 1.165) is 37.2 Å². The molecular weight excluding hydrogens is 282 g/mol. The van der Waals surface area contributed by atoms with Gasteiger partial charge in [-0.25, -0.2) is 0 Å². The summed E-state index contributed by atoms with van der Waals surface area (Å²) in [6, 6.07) is 7.56. The number of aliphatic hydroxyl groups excluding tert-OH is 1. The topological polar surface area (TPSA) is 71.6 Å². The molecule has 0 spiro atoms. The maximum Gasteiger partial charge on any atom is 0.257 e. The van der Waals surface area contributed by atoms with Gasteiger partial charge < -0.3 is 14.4 Å². The molecule has 1 aromatic heterocycles. The number of hydrogen-bond donors (Lipinski definition) is 1. The van der Waals surface area contributed by atoms with Crippen LogP contribution in [0.4, 0.5) is 0 Å². The summed E-state index contributed by atoms with van der Waals surface area (Å²) in [6.07, 6.45) is 2.05. The van der Waals surface area contributed by atoms with Crippen molar-refractivity contribution in [3.8, 4) is 17.2 Å². The molecule has 0 unspecified atom stereocenters. The number of likely N-dealkylation sites (tertiary alicyclic amines) is 1. The van der Waals surface area contributed by atoms with Crippen LogP contribution in [0.25, 0.3) is 11.5 Å². The van der Waals surface area contributed by atoms with Crippen LogP contribution in [0.15, 0.2) is 28.8 Å². The third kappa shape index (κ3) is 3.45. The van der Waals surface area contributed by atoms with Gasteiger partial charge in [0.15, 0.2) is 5.82 Å². The molecule has 1 saturated heterocycles. The van der Waals surface area contributed by atoms with Crippen LogP contribution >= 0.6 is 0 Å². The van der Waals surface area contributed by atoms with Gasteiger partial charge >= 0.3 is 0 Å². The quantitative estimate of drug-likeness (QED) is 0.910. The zero-order chi connectivity index (χ0) is 15.4. The van der Waals surface area contributed by atoms with Crippen molar-refractivity contribution in [1.29, 1.82) is 0 Å².